The molecule has 0 amide bonds. The second-order valence-corrected chi connectivity index (χ2v) is 8.77. The smallest absolute Gasteiger partial charge is 0.137 e. The zero-order valence-corrected chi connectivity index (χ0v) is 17.7. The van der Waals surface area contributed by atoms with E-state index < -0.39 is 0 Å². The van der Waals surface area contributed by atoms with Crippen molar-refractivity contribution in [2.45, 2.75) is 36.0 Å². The van der Waals surface area contributed by atoms with Crippen molar-refractivity contribution in [3.63, 3.8) is 0 Å². The Labute approximate surface area is 172 Å². The topological polar surface area (TPSA) is 24.8 Å². The van der Waals surface area contributed by atoms with Crippen LogP contribution in [0.1, 0.15) is 30.4 Å². The first-order chi connectivity index (χ1) is 13.2. The number of fused-ring (bicyclic) bond motifs is 1. The third-order valence-corrected chi connectivity index (χ3v) is 6.83. The lowest BCUT2D eigenvalue weighted by atomic mass is 10.0. The van der Waals surface area contributed by atoms with Crippen molar-refractivity contribution < 1.29 is 9.13 Å². The average Bonchev–Trinajstić information content (AvgIpc) is 3.11. The van der Waals surface area contributed by atoms with Crippen LogP contribution >= 0.6 is 27.7 Å². The summed E-state index contributed by atoms with van der Waals surface area (Å²) in [6.07, 6.45) is 3.62. The van der Waals surface area contributed by atoms with Gasteiger partial charge in [-0.05, 0) is 49.6 Å². The van der Waals surface area contributed by atoms with Crippen molar-refractivity contribution >= 4 is 33.5 Å². The summed E-state index contributed by atoms with van der Waals surface area (Å²) < 4.78 is 21.2. The zero-order valence-electron chi connectivity index (χ0n) is 15.3. The van der Waals surface area contributed by atoms with Gasteiger partial charge < -0.3 is 9.64 Å². The van der Waals surface area contributed by atoms with Gasteiger partial charge in [-0.2, -0.15) is 0 Å². The van der Waals surface area contributed by atoms with Crippen molar-refractivity contribution in [2.75, 3.05) is 20.2 Å². The van der Waals surface area contributed by atoms with Crippen molar-refractivity contribution in [2.24, 2.45) is 4.99 Å². The van der Waals surface area contributed by atoms with Gasteiger partial charge in [0.15, 0.2) is 0 Å². The van der Waals surface area contributed by atoms with Gasteiger partial charge in [-0.3, -0.25) is 4.99 Å². The van der Waals surface area contributed by atoms with Gasteiger partial charge in [0.25, 0.3) is 0 Å². The second-order valence-electron chi connectivity index (χ2n) is 6.87. The van der Waals surface area contributed by atoms with E-state index in [0.717, 1.165) is 40.3 Å². The number of aliphatic imine (C=N–C) groups is 1. The number of nitrogens with zero attached hydrogens (tertiary/aromatic N) is 2. The first kappa shape index (κ1) is 18.8. The molecule has 0 saturated carbocycles. The maximum absolute atomic E-state index is 14.8. The molecule has 1 atom stereocenters. The Balaban J connectivity index is 1.62. The van der Waals surface area contributed by atoms with Gasteiger partial charge in [-0.25, -0.2) is 4.39 Å². The Kier molecular flexibility index (Phi) is 5.74. The Hall–Kier alpha value is -1.53. The maximum Gasteiger partial charge on any atom is 0.137 e. The van der Waals surface area contributed by atoms with Crippen LogP contribution in [0.3, 0.4) is 0 Å². The van der Waals surface area contributed by atoms with E-state index in [1.807, 2.05) is 24.3 Å². The van der Waals surface area contributed by atoms with Crippen molar-refractivity contribution in [3.05, 3.63) is 57.8 Å². The molecule has 2 heterocycles. The zero-order chi connectivity index (χ0) is 18.8. The van der Waals surface area contributed by atoms with Crippen molar-refractivity contribution in [1.29, 1.82) is 0 Å². The summed E-state index contributed by atoms with van der Waals surface area (Å²) in [6, 6.07) is 11.7. The first-order valence-corrected chi connectivity index (χ1v) is 11.0. The minimum absolute atomic E-state index is 0.186. The van der Waals surface area contributed by atoms with Gasteiger partial charge in [-0.15, -0.1) is 11.8 Å². The van der Waals surface area contributed by atoms with Gasteiger partial charge in [0.05, 0.1) is 24.6 Å². The van der Waals surface area contributed by atoms with Gasteiger partial charge in [0, 0.05) is 27.9 Å². The van der Waals surface area contributed by atoms with Crippen LogP contribution in [0, 0.1) is 5.82 Å². The predicted molar refractivity (Wildman–Crippen MR) is 112 cm³/mol. The van der Waals surface area contributed by atoms with E-state index in [9.17, 15) is 4.39 Å². The molecular weight excluding hydrogens is 427 g/mol. The summed E-state index contributed by atoms with van der Waals surface area (Å²) in [5, 5.41) is 0. The Morgan fingerprint density at radius 3 is 3.04 bits per heavy atom. The van der Waals surface area contributed by atoms with Crippen LogP contribution in [-0.4, -0.2) is 37.0 Å². The van der Waals surface area contributed by atoms with Crippen LogP contribution in [0.4, 0.5) is 4.39 Å². The lowest BCUT2D eigenvalue weighted by Gasteiger charge is -2.32. The minimum Gasteiger partial charge on any atom is -0.496 e. The SMILES string of the molecule is COc1ccc(Br)cc1CSc1c(F)cccc1C1=NCC2CCCCN12. The van der Waals surface area contributed by atoms with Crippen molar-refractivity contribution in [1.82, 2.24) is 4.90 Å². The molecule has 3 nitrogen and oxygen atoms in total. The summed E-state index contributed by atoms with van der Waals surface area (Å²) in [4.78, 5) is 7.83. The highest BCUT2D eigenvalue weighted by Gasteiger charge is 2.32. The van der Waals surface area contributed by atoms with Crippen LogP contribution in [0.5, 0.6) is 5.75 Å². The average molecular weight is 449 g/mol. The van der Waals surface area contributed by atoms with E-state index in [4.69, 9.17) is 9.73 Å². The first-order valence-electron chi connectivity index (χ1n) is 9.22. The fourth-order valence-electron chi connectivity index (χ4n) is 3.83. The molecule has 142 valence electrons. The van der Waals surface area contributed by atoms with Gasteiger partial charge in [0.2, 0.25) is 0 Å². The van der Waals surface area contributed by atoms with Gasteiger partial charge in [-0.1, -0.05) is 22.0 Å². The van der Waals surface area contributed by atoms with Crippen molar-refractivity contribution in [3.8, 4) is 5.75 Å². The molecule has 0 aromatic heterocycles. The molecule has 0 N–H and O–H groups in total. The number of benzene rings is 2. The quantitative estimate of drug-likeness (QED) is 0.564. The fraction of sp³-hybridized carbons (Fsp3) is 0.381. The summed E-state index contributed by atoms with van der Waals surface area (Å²) in [5.74, 6) is 2.23. The third-order valence-electron chi connectivity index (χ3n) is 5.17. The number of ether oxygens (including phenoxy) is 1. The normalized spacial score (nSPS) is 19.0. The highest BCUT2D eigenvalue weighted by Crippen LogP contribution is 2.35. The molecule has 0 radical (unpaired) electrons. The van der Waals surface area contributed by atoms with E-state index in [2.05, 4.69) is 20.8 Å². The molecule has 1 fully saturated rings. The molecule has 0 aliphatic carbocycles. The lowest BCUT2D eigenvalue weighted by molar-refractivity contribution is 0.268. The van der Waals surface area contributed by atoms with Crippen LogP contribution in [0.25, 0.3) is 0 Å². The number of hydrogen-bond donors (Lipinski definition) is 0. The molecule has 2 aromatic carbocycles. The highest BCUT2D eigenvalue weighted by atomic mass is 79.9. The summed E-state index contributed by atoms with van der Waals surface area (Å²) in [5.41, 5.74) is 1.95. The third kappa shape index (κ3) is 3.87. The molecule has 0 spiro atoms. The maximum atomic E-state index is 14.8. The number of amidine groups is 1. The summed E-state index contributed by atoms with van der Waals surface area (Å²) >= 11 is 5.02. The number of rotatable bonds is 5. The molecule has 0 bridgehead atoms. The van der Waals surface area contributed by atoms with Crippen LogP contribution in [0.2, 0.25) is 0 Å². The number of methoxy groups -OCH3 is 1. The molecule has 2 aromatic rings. The Morgan fingerprint density at radius 2 is 2.19 bits per heavy atom. The van der Waals surface area contributed by atoms with Gasteiger partial charge >= 0.3 is 0 Å². The Morgan fingerprint density at radius 1 is 1.30 bits per heavy atom. The predicted octanol–water partition coefficient (Wildman–Crippen LogP) is 5.50. The van der Waals surface area contributed by atoms with Gasteiger partial charge in [0.1, 0.15) is 17.4 Å². The minimum atomic E-state index is -0.186. The number of halogens is 2. The lowest BCUT2D eigenvalue weighted by Crippen LogP contribution is -2.40. The highest BCUT2D eigenvalue weighted by molar-refractivity contribution is 9.10. The standard InChI is InChI=1S/C21H22BrFN2OS/c1-26-19-9-8-15(22)11-14(19)13-27-20-17(6-4-7-18(20)23)21-24-12-16-5-2-3-10-25(16)21/h4,6-9,11,16H,2-3,5,10,12-13H2,1H3. The summed E-state index contributed by atoms with van der Waals surface area (Å²) in [7, 11) is 1.66. The monoisotopic (exact) mass is 448 g/mol. The van der Waals surface area contributed by atoms with E-state index in [-0.39, 0.29) is 5.82 Å². The molecule has 2 aliphatic rings. The molecule has 2 aliphatic heterocycles. The second kappa shape index (κ2) is 8.23. The van der Waals surface area contributed by atoms with E-state index >= 15 is 0 Å². The van der Waals surface area contributed by atoms with E-state index in [1.54, 1.807) is 13.2 Å². The fourth-order valence-corrected chi connectivity index (χ4v) is 5.29. The number of hydrogen-bond acceptors (Lipinski definition) is 4. The van der Waals surface area contributed by atoms with Crippen LogP contribution in [0.15, 0.2) is 50.8 Å². The molecule has 4 rings (SSSR count). The molecule has 27 heavy (non-hydrogen) atoms. The number of thioether (sulfide) groups is 1. The van der Waals surface area contributed by atoms with E-state index in [0.29, 0.717) is 16.7 Å². The molecular formula is C21H22BrFN2OS. The van der Waals surface area contributed by atoms with Crippen LogP contribution < -0.4 is 4.74 Å². The molecule has 1 saturated heterocycles. The largest absolute Gasteiger partial charge is 0.496 e. The molecule has 6 heteroatoms. The summed E-state index contributed by atoms with van der Waals surface area (Å²) in [6.45, 7) is 1.85. The Bertz CT molecular complexity index is 873. The van der Waals surface area contributed by atoms with E-state index in [1.165, 1.54) is 37.1 Å². The molecule has 1 unspecified atom stereocenters. The van der Waals surface area contributed by atoms with Crippen LogP contribution in [-0.2, 0) is 5.75 Å². The number of piperidine rings is 1.